The summed E-state index contributed by atoms with van der Waals surface area (Å²) in [6, 6.07) is 15.7. The molecule has 3 rings (SSSR count). The molecular weight excluding hydrogens is 362 g/mol. The lowest BCUT2D eigenvalue weighted by molar-refractivity contribution is 0.340. The minimum atomic E-state index is -3.64. The molecule has 27 heavy (non-hydrogen) atoms. The number of nitrogens with one attached hydrogen (secondary N) is 1. The molecule has 0 atom stereocenters. The van der Waals surface area contributed by atoms with Crippen LogP contribution in [0.1, 0.15) is 23.9 Å². The highest BCUT2D eigenvalue weighted by molar-refractivity contribution is 7.92. The van der Waals surface area contributed by atoms with Gasteiger partial charge in [-0.25, -0.2) is 8.42 Å². The van der Waals surface area contributed by atoms with Crippen LogP contribution in [0, 0.1) is 13.8 Å². The lowest BCUT2D eigenvalue weighted by Gasteiger charge is -2.10. The van der Waals surface area contributed by atoms with E-state index in [4.69, 9.17) is 4.74 Å². The lowest BCUT2D eigenvalue weighted by Crippen LogP contribution is -2.13. The van der Waals surface area contributed by atoms with Crippen LogP contribution in [0.4, 0.5) is 5.69 Å². The minimum Gasteiger partial charge on any atom is -0.494 e. The maximum Gasteiger partial charge on any atom is 0.261 e. The second-order valence-corrected chi connectivity index (χ2v) is 7.97. The molecule has 0 aliphatic heterocycles. The van der Waals surface area contributed by atoms with Gasteiger partial charge < -0.3 is 4.74 Å². The number of anilines is 1. The van der Waals surface area contributed by atoms with E-state index >= 15 is 0 Å². The van der Waals surface area contributed by atoms with Gasteiger partial charge in [0.15, 0.2) is 0 Å². The first-order valence-electron chi connectivity index (χ1n) is 8.73. The van der Waals surface area contributed by atoms with E-state index in [1.807, 2.05) is 43.7 Å². The van der Waals surface area contributed by atoms with Crippen molar-refractivity contribution in [3.63, 3.8) is 0 Å². The highest BCUT2D eigenvalue weighted by Crippen LogP contribution is 2.20. The Morgan fingerprint density at radius 1 is 1.04 bits per heavy atom. The normalized spacial score (nSPS) is 11.4. The van der Waals surface area contributed by atoms with Crippen molar-refractivity contribution in [2.45, 2.75) is 32.2 Å². The molecule has 0 amide bonds. The van der Waals surface area contributed by atoms with Gasteiger partial charge in [0.2, 0.25) is 0 Å². The summed E-state index contributed by atoms with van der Waals surface area (Å²) in [5, 5.41) is 4.44. The van der Waals surface area contributed by atoms with Crippen molar-refractivity contribution in [3.05, 3.63) is 71.5 Å². The van der Waals surface area contributed by atoms with E-state index in [2.05, 4.69) is 9.82 Å². The number of rotatable bonds is 7. The number of sulfonamides is 1. The molecule has 1 N–H and O–H groups in total. The number of nitrogens with zero attached hydrogens (tertiary/aromatic N) is 2. The van der Waals surface area contributed by atoms with Crippen molar-refractivity contribution in [1.82, 2.24) is 9.78 Å². The van der Waals surface area contributed by atoms with Crippen LogP contribution in [0.25, 0.3) is 0 Å². The van der Waals surface area contributed by atoms with E-state index in [0.29, 0.717) is 24.6 Å². The summed E-state index contributed by atoms with van der Waals surface area (Å²) in [5.41, 5.74) is 3.63. The summed E-state index contributed by atoms with van der Waals surface area (Å²) in [6.45, 7) is 7.03. The predicted molar refractivity (Wildman–Crippen MR) is 106 cm³/mol. The second kappa shape index (κ2) is 7.84. The smallest absolute Gasteiger partial charge is 0.261 e. The van der Waals surface area contributed by atoms with Crippen molar-refractivity contribution in [2.24, 2.45) is 0 Å². The second-order valence-electron chi connectivity index (χ2n) is 6.29. The molecule has 0 unspecified atom stereocenters. The van der Waals surface area contributed by atoms with Gasteiger partial charge in [-0.05, 0) is 68.8 Å². The first kappa shape index (κ1) is 19.0. The number of hydrogen-bond acceptors (Lipinski definition) is 4. The third-order valence-electron chi connectivity index (χ3n) is 4.09. The monoisotopic (exact) mass is 385 g/mol. The standard InChI is InChI=1S/C20H23N3O3S/c1-4-26-19-9-11-20(12-10-19)27(24,25)22-18-7-5-17(6-8-18)14-23-16(3)13-15(2)21-23/h5-13,22H,4,14H2,1-3H3. The van der Waals surface area contributed by atoms with E-state index in [1.165, 1.54) is 12.1 Å². The van der Waals surface area contributed by atoms with Crippen LogP contribution in [-0.4, -0.2) is 24.8 Å². The summed E-state index contributed by atoms with van der Waals surface area (Å²) in [7, 11) is -3.64. The molecule has 0 saturated heterocycles. The van der Waals surface area contributed by atoms with Gasteiger partial charge in [0.25, 0.3) is 10.0 Å². The van der Waals surface area contributed by atoms with Crippen molar-refractivity contribution in [3.8, 4) is 5.75 Å². The van der Waals surface area contributed by atoms with Crippen LogP contribution in [0.5, 0.6) is 5.75 Å². The van der Waals surface area contributed by atoms with Crippen molar-refractivity contribution in [1.29, 1.82) is 0 Å². The molecule has 6 nitrogen and oxygen atoms in total. The zero-order valence-corrected chi connectivity index (χ0v) is 16.5. The Bertz CT molecular complexity index is 1010. The lowest BCUT2D eigenvalue weighted by atomic mass is 10.2. The molecule has 3 aromatic rings. The fourth-order valence-electron chi connectivity index (χ4n) is 2.78. The van der Waals surface area contributed by atoms with E-state index in [9.17, 15) is 8.42 Å². The van der Waals surface area contributed by atoms with Gasteiger partial charge in [-0.15, -0.1) is 0 Å². The maximum absolute atomic E-state index is 12.5. The molecule has 1 aromatic heterocycles. The van der Waals surface area contributed by atoms with E-state index in [1.54, 1.807) is 24.3 Å². The molecule has 2 aromatic carbocycles. The number of benzene rings is 2. The van der Waals surface area contributed by atoms with Gasteiger partial charge in [0, 0.05) is 11.4 Å². The minimum absolute atomic E-state index is 0.192. The Morgan fingerprint density at radius 2 is 1.70 bits per heavy atom. The van der Waals surface area contributed by atoms with Crippen LogP contribution in [0.15, 0.2) is 59.5 Å². The Kier molecular flexibility index (Phi) is 5.51. The summed E-state index contributed by atoms with van der Waals surface area (Å²) in [6.07, 6.45) is 0. The van der Waals surface area contributed by atoms with Crippen molar-refractivity contribution < 1.29 is 13.2 Å². The van der Waals surface area contributed by atoms with Gasteiger partial charge in [-0.1, -0.05) is 12.1 Å². The zero-order valence-electron chi connectivity index (χ0n) is 15.6. The topological polar surface area (TPSA) is 73.2 Å². The molecule has 0 aliphatic rings. The van der Waals surface area contributed by atoms with Crippen LogP contribution in [-0.2, 0) is 16.6 Å². The van der Waals surface area contributed by atoms with E-state index in [0.717, 1.165) is 17.0 Å². The molecule has 0 radical (unpaired) electrons. The molecule has 0 aliphatic carbocycles. The highest BCUT2D eigenvalue weighted by atomic mass is 32.2. The molecule has 142 valence electrons. The van der Waals surface area contributed by atoms with Crippen molar-refractivity contribution in [2.75, 3.05) is 11.3 Å². The highest BCUT2D eigenvalue weighted by Gasteiger charge is 2.14. The quantitative estimate of drug-likeness (QED) is 0.672. The van der Waals surface area contributed by atoms with E-state index in [-0.39, 0.29) is 4.90 Å². The maximum atomic E-state index is 12.5. The summed E-state index contributed by atoms with van der Waals surface area (Å²) >= 11 is 0. The molecule has 0 saturated carbocycles. The third-order valence-corrected chi connectivity index (χ3v) is 5.48. The predicted octanol–water partition coefficient (Wildman–Crippen LogP) is 3.75. The third kappa shape index (κ3) is 4.68. The van der Waals surface area contributed by atoms with Crippen LogP contribution >= 0.6 is 0 Å². The number of aromatic nitrogens is 2. The molecule has 1 heterocycles. The van der Waals surface area contributed by atoms with Gasteiger partial charge in [-0.3, -0.25) is 9.40 Å². The molecule has 0 fully saturated rings. The average molecular weight is 385 g/mol. The Labute approximate surface area is 159 Å². The largest absolute Gasteiger partial charge is 0.494 e. The molecular formula is C20H23N3O3S. The van der Waals surface area contributed by atoms with E-state index < -0.39 is 10.0 Å². The van der Waals surface area contributed by atoms with Crippen LogP contribution in [0.2, 0.25) is 0 Å². The van der Waals surface area contributed by atoms with Gasteiger partial charge in [0.05, 0.1) is 23.7 Å². The number of ether oxygens (including phenoxy) is 1. The van der Waals surface area contributed by atoms with Gasteiger partial charge >= 0.3 is 0 Å². The first-order valence-corrected chi connectivity index (χ1v) is 10.2. The number of hydrogen-bond donors (Lipinski definition) is 1. The molecule has 0 spiro atoms. The number of aryl methyl sites for hydroxylation is 2. The molecule has 7 heteroatoms. The molecule has 0 bridgehead atoms. The Morgan fingerprint density at radius 3 is 2.26 bits per heavy atom. The van der Waals surface area contributed by atoms with Gasteiger partial charge in [0.1, 0.15) is 5.75 Å². The van der Waals surface area contributed by atoms with Gasteiger partial charge in [-0.2, -0.15) is 5.10 Å². The zero-order chi connectivity index (χ0) is 19.4. The average Bonchev–Trinajstić information content (AvgIpc) is 2.94. The van der Waals surface area contributed by atoms with Crippen LogP contribution in [0.3, 0.4) is 0 Å². The first-order chi connectivity index (χ1) is 12.9. The Hall–Kier alpha value is -2.80. The van der Waals surface area contributed by atoms with Crippen molar-refractivity contribution >= 4 is 15.7 Å². The SMILES string of the molecule is CCOc1ccc(S(=O)(=O)Nc2ccc(Cn3nc(C)cc3C)cc2)cc1. The van der Waals surface area contributed by atoms with Crippen LogP contribution < -0.4 is 9.46 Å². The summed E-state index contributed by atoms with van der Waals surface area (Å²) in [5.74, 6) is 0.643. The fourth-order valence-corrected chi connectivity index (χ4v) is 3.84. The Balaban J connectivity index is 1.70. The summed E-state index contributed by atoms with van der Waals surface area (Å²) in [4.78, 5) is 0.192. The summed E-state index contributed by atoms with van der Waals surface area (Å²) < 4.78 is 34.9. The fraction of sp³-hybridized carbons (Fsp3) is 0.250.